The Morgan fingerprint density at radius 1 is 1.64 bits per heavy atom. The molecule has 0 fully saturated rings. The fourth-order valence-corrected chi connectivity index (χ4v) is 0.471. The van der Waals surface area contributed by atoms with Gasteiger partial charge in [0.15, 0.2) is 0 Å². The molecule has 62 valence electrons. The minimum atomic E-state index is -0.667. The van der Waals surface area contributed by atoms with E-state index in [9.17, 15) is 0 Å². The molecular formula is C7H11ClN2O. The fraction of sp³-hybridized carbons (Fsp3) is 0.286. The molecule has 1 rings (SSSR count). The molecule has 0 bridgehead atoms. The Morgan fingerprint density at radius 2 is 2.18 bits per heavy atom. The summed E-state index contributed by atoms with van der Waals surface area (Å²) in [5.74, 6) is 0. The molecule has 1 heterocycles. The average Bonchev–Trinajstić information content (AvgIpc) is 1.87. The van der Waals surface area contributed by atoms with Crippen molar-refractivity contribution in [2.75, 3.05) is 0 Å². The second-order valence-corrected chi connectivity index (χ2v) is 2.28. The lowest BCUT2D eigenvalue weighted by Crippen LogP contribution is -2.11. The Balaban J connectivity index is 0.000000218. The molecule has 0 aliphatic rings. The first kappa shape index (κ1) is 10.4. The standard InChI is InChI=1S/C5H4ClN.C2H7NO/c6-5-3-1-2-4-7-5;1-2(3)4/h1-4H;2,4H,3H2,1H3. The Labute approximate surface area is 70.8 Å². The molecule has 0 saturated heterocycles. The van der Waals surface area contributed by atoms with E-state index in [0.29, 0.717) is 5.15 Å². The molecule has 0 aliphatic heterocycles. The molecule has 0 spiro atoms. The number of hydrogen-bond acceptors (Lipinski definition) is 3. The van der Waals surface area contributed by atoms with Gasteiger partial charge in [0.05, 0.1) is 6.23 Å². The molecule has 0 radical (unpaired) electrons. The lowest BCUT2D eigenvalue weighted by Gasteiger charge is -1.82. The smallest absolute Gasteiger partial charge is 0.129 e. The van der Waals surface area contributed by atoms with Gasteiger partial charge in [-0.15, -0.1) is 0 Å². The summed E-state index contributed by atoms with van der Waals surface area (Å²) in [7, 11) is 0. The van der Waals surface area contributed by atoms with Crippen LogP contribution >= 0.6 is 11.6 Å². The maximum Gasteiger partial charge on any atom is 0.129 e. The van der Waals surface area contributed by atoms with Crippen LogP contribution in [0.2, 0.25) is 5.15 Å². The van der Waals surface area contributed by atoms with Gasteiger partial charge in [0.25, 0.3) is 0 Å². The lowest BCUT2D eigenvalue weighted by atomic mass is 10.5. The van der Waals surface area contributed by atoms with Gasteiger partial charge in [-0.2, -0.15) is 0 Å². The van der Waals surface area contributed by atoms with E-state index in [1.165, 1.54) is 6.92 Å². The predicted octanol–water partition coefficient (Wildman–Crippen LogP) is 1.02. The molecule has 1 atom stereocenters. The second-order valence-electron chi connectivity index (χ2n) is 1.89. The number of aromatic nitrogens is 1. The molecule has 0 aliphatic carbocycles. The van der Waals surface area contributed by atoms with Crippen LogP contribution in [0.3, 0.4) is 0 Å². The Bertz CT molecular complexity index is 176. The van der Waals surface area contributed by atoms with Crippen LogP contribution in [0.5, 0.6) is 0 Å². The van der Waals surface area contributed by atoms with Crippen molar-refractivity contribution in [3.63, 3.8) is 0 Å². The normalized spacial score (nSPS) is 11.3. The van der Waals surface area contributed by atoms with Gasteiger partial charge in [0.2, 0.25) is 0 Å². The Morgan fingerprint density at radius 3 is 2.36 bits per heavy atom. The van der Waals surface area contributed by atoms with Crippen LogP contribution in [0.15, 0.2) is 24.4 Å². The van der Waals surface area contributed by atoms with Crippen LogP contribution in [0.25, 0.3) is 0 Å². The van der Waals surface area contributed by atoms with Crippen LogP contribution < -0.4 is 5.73 Å². The molecule has 11 heavy (non-hydrogen) atoms. The summed E-state index contributed by atoms with van der Waals surface area (Å²) < 4.78 is 0. The molecule has 0 saturated carbocycles. The van der Waals surface area contributed by atoms with Crippen molar-refractivity contribution in [2.45, 2.75) is 13.2 Å². The molecule has 3 nitrogen and oxygen atoms in total. The van der Waals surface area contributed by atoms with Crippen molar-refractivity contribution in [1.29, 1.82) is 0 Å². The van der Waals surface area contributed by atoms with E-state index in [1.54, 1.807) is 12.3 Å². The molecule has 1 unspecified atom stereocenters. The van der Waals surface area contributed by atoms with Crippen LogP contribution in [0, 0.1) is 0 Å². The first-order valence-electron chi connectivity index (χ1n) is 3.13. The summed E-state index contributed by atoms with van der Waals surface area (Å²) in [6, 6.07) is 5.41. The molecule has 1 aromatic rings. The maximum atomic E-state index is 7.83. The molecule has 4 heteroatoms. The van der Waals surface area contributed by atoms with Crippen LogP contribution in [0.4, 0.5) is 0 Å². The van der Waals surface area contributed by atoms with Crippen molar-refractivity contribution in [3.8, 4) is 0 Å². The summed E-state index contributed by atoms with van der Waals surface area (Å²) in [5.41, 5.74) is 4.67. The second kappa shape index (κ2) is 6.09. The van der Waals surface area contributed by atoms with Crippen molar-refractivity contribution < 1.29 is 5.11 Å². The van der Waals surface area contributed by atoms with Gasteiger partial charge in [-0.25, -0.2) is 4.98 Å². The zero-order valence-electron chi connectivity index (χ0n) is 6.24. The maximum absolute atomic E-state index is 7.83. The van der Waals surface area contributed by atoms with E-state index in [-0.39, 0.29) is 0 Å². The predicted molar refractivity (Wildman–Crippen MR) is 45.1 cm³/mol. The highest BCUT2D eigenvalue weighted by Gasteiger charge is 1.76. The summed E-state index contributed by atoms with van der Waals surface area (Å²) in [5, 5.41) is 8.38. The quantitative estimate of drug-likeness (QED) is 0.456. The van der Waals surface area contributed by atoms with Gasteiger partial charge in [-0.1, -0.05) is 17.7 Å². The zero-order chi connectivity index (χ0) is 8.69. The van der Waals surface area contributed by atoms with Crippen LogP contribution in [0.1, 0.15) is 6.92 Å². The molecule has 3 N–H and O–H groups in total. The Kier molecular flexibility index (Phi) is 5.74. The number of rotatable bonds is 0. The van der Waals surface area contributed by atoms with Gasteiger partial charge in [0, 0.05) is 6.20 Å². The largest absolute Gasteiger partial charge is 0.379 e. The number of pyridine rings is 1. The zero-order valence-corrected chi connectivity index (χ0v) is 6.99. The van der Waals surface area contributed by atoms with Crippen molar-refractivity contribution in [1.82, 2.24) is 4.98 Å². The molecule has 0 amide bonds. The van der Waals surface area contributed by atoms with Gasteiger partial charge in [-0.05, 0) is 19.1 Å². The Hall–Kier alpha value is -0.640. The minimum Gasteiger partial charge on any atom is -0.379 e. The lowest BCUT2D eigenvalue weighted by molar-refractivity contribution is 0.203. The average molecular weight is 175 g/mol. The van der Waals surface area contributed by atoms with Crippen molar-refractivity contribution in [3.05, 3.63) is 29.5 Å². The van der Waals surface area contributed by atoms with Gasteiger partial charge in [0.1, 0.15) is 5.15 Å². The summed E-state index contributed by atoms with van der Waals surface area (Å²) in [6.45, 7) is 1.50. The summed E-state index contributed by atoms with van der Waals surface area (Å²) in [6.07, 6.45) is 0.988. The number of nitrogens with two attached hydrogens (primary N) is 1. The minimum absolute atomic E-state index is 0.544. The van der Waals surface area contributed by atoms with E-state index in [1.807, 2.05) is 12.1 Å². The number of halogens is 1. The highest BCUT2D eigenvalue weighted by atomic mass is 35.5. The first-order chi connectivity index (χ1) is 5.13. The van der Waals surface area contributed by atoms with Crippen molar-refractivity contribution in [2.24, 2.45) is 5.73 Å². The molecule has 1 aromatic heterocycles. The molecule has 0 aromatic carbocycles. The first-order valence-corrected chi connectivity index (χ1v) is 3.51. The van der Waals surface area contributed by atoms with Crippen LogP contribution in [-0.4, -0.2) is 16.3 Å². The van der Waals surface area contributed by atoms with E-state index in [0.717, 1.165) is 0 Å². The monoisotopic (exact) mass is 174 g/mol. The molecular weight excluding hydrogens is 164 g/mol. The van der Waals surface area contributed by atoms with E-state index in [2.05, 4.69) is 10.7 Å². The topological polar surface area (TPSA) is 59.1 Å². The third-order valence-corrected chi connectivity index (χ3v) is 0.852. The van der Waals surface area contributed by atoms with E-state index >= 15 is 0 Å². The van der Waals surface area contributed by atoms with E-state index < -0.39 is 6.23 Å². The number of aliphatic hydroxyl groups is 1. The number of nitrogens with zero attached hydrogens (tertiary/aromatic N) is 1. The fourth-order valence-electron chi connectivity index (χ4n) is 0.342. The van der Waals surface area contributed by atoms with Crippen molar-refractivity contribution >= 4 is 11.6 Å². The summed E-state index contributed by atoms with van der Waals surface area (Å²) >= 11 is 5.43. The van der Waals surface area contributed by atoms with E-state index in [4.69, 9.17) is 16.7 Å². The number of hydrogen-bond donors (Lipinski definition) is 2. The SMILES string of the molecule is CC(N)O.Clc1ccccn1. The number of aliphatic hydroxyl groups excluding tert-OH is 1. The summed E-state index contributed by atoms with van der Waals surface area (Å²) in [4.78, 5) is 3.74. The highest BCUT2D eigenvalue weighted by Crippen LogP contribution is 1.98. The third kappa shape index (κ3) is 9.36. The highest BCUT2D eigenvalue weighted by molar-refractivity contribution is 6.29. The van der Waals surface area contributed by atoms with Crippen LogP contribution in [-0.2, 0) is 0 Å². The van der Waals surface area contributed by atoms with Gasteiger partial charge in [-0.3, -0.25) is 0 Å². The van der Waals surface area contributed by atoms with Gasteiger partial charge >= 0.3 is 0 Å². The third-order valence-electron chi connectivity index (χ3n) is 0.629. The van der Waals surface area contributed by atoms with Gasteiger partial charge < -0.3 is 10.8 Å².